The maximum atomic E-state index is 4.54. The molecule has 0 saturated carbocycles. The van der Waals surface area contributed by atoms with Gasteiger partial charge in [0.15, 0.2) is 0 Å². The molecule has 0 unspecified atom stereocenters. The lowest BCUT2D eigenvalue weighted by Crippen LogP contribution is -1.95. The minimum absolute atomic E-state index is 0.931. The number of rotatable bonds is 2. The third-order valence-corrected chi connectivity index (χ3v) is 11.7. The molecular weight excluding hydrogens is 621 g/mol. The first-order valence-electron chi connectivity index (χ1n) is 17.6. The minimum atomic E-state index is 0.931. The van der Waals surface area contributed by atoms with Crippen LogP contribution >= 0.6 is 0 Å². The summed E-state index contributed by atoms with van der Waals surface area (Å²) in [5.74, 6) is 0. The molecule has 4 nitrogen and oxygen atoms in total. The monoisotopic (exact) mass is 646 g/mol. The van der Waals surface area contributed by atoms with E-state index in [2.05, 4.69) is 140 Å². The number of nitrogens with zero attached hydrogens (tertiary/aromatic N) is 4. The zero-order valence-corrected chi connectivity index (χ0v) is 27.4. The predicted octanol–water partition coefficient (Wildman–Crippen LogP) is 11.8. The summed E-state index contributed by atoms with van der Waals surface area (Å²) in [7, 11) is 0. The molecule has 6 aromatic carbocycles. The van der Waals surface area contributed by atoms with Crippen molar-refractivity contribution in [3.63, 3.8) is 0 Å². The molecule has 1 aliphatic rings. The highest BCUT2D eigenvalue weighted by atomic mass is 14.9. The zero-order chi connectivity index (χ0) is 32.9. The molecule has 0 radical (unpaired) electrons. The van der Waals surface area contributed by atoms with Crippen LogP contribution in [0.1, 0.15) is 11.1 Å². The van der Waals surface area contributed by atoms with Crippen LogP contribution in [0.5, 0.6) is 0 Å². The molecular formula is C47H26N4. The summed E-state index contributed by atoms with van der Waals surface area (Å²) >= 11 is 0. The van der Waals surface area contributed by atoms with Gasteiger partial charge in [-0.1, -0.05) is 54.6 Å². The number of allylic oxidation sites excluding steroid dienone is 1. The molecule has 51 heavy (non-hydrogen) atoms. The third-order valence-electron chi connectivity index (χ3n) is 11.7. The second kappa shape index (κ2) is 9.06. The number of para-hydroxylation sites is 2. The van der Waals surface area contributed by atoms with E-state index in [1.54, 1.807) is 0 Å². The molecule has 6 heterocycles. The normalized spacial score (nSPS) is 13.3. The number of fused-ring (bicyclic) bond motifs is 12. The Hall–Kier alpha value is -6.78. The zero-order valence-electron chi connectivity index (χ0n) is 27.4. The van der Waals surface area contributed by atoms with E-state index >= 15 is 0 Å². The molecule has 0 bridgehead atoms. The van der Waals surface area contributed by atoms with E-state index in [9.17, 15) is 0 Å². The summed E-state index contributed by atoms with van der Waals surface area (Å²) in [5, 5.41) is 12.7. The van der Waals surface area contributed by atoms with Crippen LogP contribution in [0.4, 0.5) is 0 Å². The Morgan fingerprint density at radius 2 is 0.941 bits per heavy atom. The van der Waals surface area contributed by atoms with Crippen LogP contribution in [-0.4, -0.2) is 18.8 Å². The van der Waals surface area contributed by atoms with Crippen molar-refractivity contribution in [1.82, 2.24) is 18.8 Å². The van der Waals surface area contributed by atoms with Gasteiger partial charge in [0.05, 0.1) is 33.1 Å². The number of pyridine rings is 2. The van der Waals surface area contributed by atoms with Gasteiger partial charge in [0.2, 0.25) is 0 Å². The molecule has 1 aliphatic carbocycles. The molecule has 0 aliphatic heterocycles. The number of hydrogen-bond acceptors (Lipinski definition) is 2. The van der Waals surface area contributed by atoms with Crippen molar-refractivity contribution in [2.75, 3.05) is 0 Å². The van der Waals surface area contributed by atoms with Gasteiger partial charge in [-0.2, -0.15) is 0 Å². The van der Waals surface area contributed by atoms with Gasteiger partial charge in [-0.25, -0.2) is 0 Å². The highest BCUT2D eigenvalue weighted by Crippen LogP contribution is 2.45. The first-order chi connectivity index (χ1) is 25.3. The number of benzene rings is 6. The molecule has 12 aromatic rings. The lowest BCUT2D eigenvalue weighted by molar-refractivity contribution is 1.29. The lowest BCUT2D eigenvalue weighted by Gasteiger charge is -2.17. The van der Waals surface area contributed by atoms with Crippen molar-refractivity contribution >= 4 is 93.0 Å². The Kier molecular flexibility index (Phi) is 4.64. The fraction of sp³-hybridized carbons (Fsp3) is 0.0213. The second-order valence-electron chi connectivity index (χ2n) is 14.2. The van der Waals surface area contributed by atoms with Crippen LogP contribution in [-0.2, 0) is 6.42 Å². The first-order valence-corrected chi connectivity index (χ1v) is 17.6. The maximum absolute atomic E-state index is 4.54. The van der Waals surface area contributed by atoms with E-state index in [4.69, 9.17) is 0 Å². The van der Waals surface area contributed by atoms with Crippen molar-refractivity contribution < 1.29 is 0 Å². The molecule has 0 N–H and O–H groups in total. The number of aromatic nitrogens is 4. The van der Waals surface area contributed by atoms with Crippen LogP contribution in [0.15, 0.2) is 140 Å². The summed E-state index contributed by atoms with van der Waals surface area (Å²) in [6.45, 7) is 0. The van der Waals surface area contributed by atoms with Crippen LogP contribution in [0.25, 0.3) is 115 Å². The van der Waals surface area contributed by atoms with Gasteiger partial charge >= 0.3 is 0 Å². The Morgan fingerprint density at radius 1 is 0.451 bits per heavy atom. The van der Waals surface area contributed by atoms with Crippen molar-refractivity contribution in [3.8, 4) is 22.3 Å². The summed E-state index contributed by atoms with van der Waals surface area (Å²) in [6, 6.07) is 41.2. The van der Waals surface area contributed by atoms with Crippen LogP contribution in [0, 0.1) is 0 Å². The molecule has 234 valence electrons. The van der Waals surface area contributed by atoms with E-state index < -0.39 is 0 Å². The summed E-state index contributed by atoms with van der Waals surface area (Å²) in [4.78, 5) is 9.07. The lowest BCUT2D eigenvalue weighted by atomic mass is 9.86. The van der Waals surface area contributed by atoms with Crippen LogP contribution < -0.4 is 0 Å². The molecule has 0 amide bonds. The van der Waals surface area contributed by atoms with E-state index in [0.29, 0.717) is 0 Å². The molecule has 4 heteroatoms. The van der Waals surface area contributed by atoms with Crippen molar-refractivity contribution in [2.45, 2.75) is 6.42 Å². The largest absolute Gasteiger partial charge is 0.308 e. The first kappa shape index (κ1) is 26.1. The maximum Gasteiger partial charge on any atom is 0.0622 e. The smallest absolute Gasteiger partial charge is 0.0622 e. The van der Waals surface area contributed by atoms with Crippen LogP contribution in [0.2, 0.25) is 0 Å². The highest BCUT2D eigenvalue weighted by Gasteiger charge is 2.22. The average molecular weight is 647 g/mol. The van der Waals surface area contributed by atoms with Gasteiger partial charge in [0, 0.05) is 67.9 Å². The summed E-state index contributed by atoms with van der Waals surface area (Å²) in [5.41, 5.74) is 15.1. The van der Waals surface area contributed by atoms with Crippen molar-refractivity contribution in [1.29, 1.82) is 0 Å². The van der Waals surface area contributed by atoms with Gasteiger partial charge in [0.25, 0.3) is 0 Å². The molecule has 0 fully saturated rings. The molecule has 13 rings (SSSR count). The van der Waals surface area contributed by atoms with Gasteiger partial charge in [-0.15, -0.1) is 0 Å². The number of hydrogen-bond donors (Lipinski definition) is 0. The Bertz CT molecular complexity index is 3330. The highest BCUT2D eigenvalue weighted by molar-refractivity contribution is 6.26. The molecule has 0 atom stereocenters. The topological polar surface area (TPSA) is 34.6 Å². The van der Waals surface area contributed by atoms with E-state index in [0.717, 1.165) is 6.42 Å². The summed E-state index contributed by atoms with van der Waals surface area (Å²) in [6.07, 6.45) is 13.4. The van der Waals surface area contributed by atoms with Crippen molar-refractivity contribution in [2.24, 2.45) is 0 Å². The van der Waals surface area contributed by atoms with Crippen LogP contribution in [0.3, 0.4) is 0 Å². The molecule has 6 aromatic heterocycles. The standard InChI is InChI=1S/C47H26N4/c1-3-10-41-33(8-1)35-20-30(21-36-34-9-2-4-11-42(34)50(41)46(35)36)28-16-26-6-5-7-27-17-29(19-32(18-28)45(26)27)31-22-37-39-24-48-14-12-43(39)51-44-13-15-49-25-40(44)38(23-31)47(37)51/h1-5,7-25H,6H2. The molecule has 0 spiro atoms. The quantitative estimate of drug-likeness (QED) is 0.187. The van der Waals surface area contributed by atoms with Gasteiger partial charge in [0.1, 0.15) is 0 Å². The minimum Gasteiger partial charge on any atom is -0.308 e. The Morgan fingerprint density at radius 3 is 1.53 bits per heavy atom. The fourth-order valence-corrected chi connectivity index (χ4v) is 9.60. The average Bonchev–Trinajstić information content (AvgIpc) is 3.91. The SMILES string of the molecule is C1=Cc2cc(-c3cc4c5cnccc5n5c6ccncc6c(c3)c45)cc3cc(-c4cc5c6ccccc6n6c7ccccc7c(c4)c56)cc(c23)C1. The van der Waals surface area contributed by atoms with Crippen molar-refractivity contribution in [3.05, 3.63) is 151 Å². The summed E-state index contributed by atoms with van der Waals surface area (Å²) < 4.78 is 4.84. The van der Waals surface area contributed by atoms with Gasteiger partial charge in [-0.05, 0) is 117 Å². The van der Waals surface area contributed by atoms with Gasteiger partial charge in [-0.3, -0.25) is 9.97 Å². The van der Waals surface area contributed by atoms with E-state index in [-0.39, 0.29) is 0 Å². The van der Waals surface area contributed by atoms with E-state index in [1.807, 2.05) is 24.8 Å². The predicted molar refractivity (Wildman–Crippen MR) is 212 cm³/mol. The Balaban J connectivity index is 1.08. The third kappa shape index (κ3) is 3.21. The van der Waals surface area contributed by atoms with E-state index in [1.165, 1.54) is 120 Å². The Labute approximate surface area is 290 Å². The second-order valence-corrected chi connectivity index (χ2v) is 14.2. The molecule has 0 saturated heterocycles. The van der Waals surface area contributed by atoms with Gasteiger partial charge < -0.3 is 8.80 Å². The fourth-order valence-electron chi connectivity index (χ4n) is 9.60.